The third-order valence-corrected chi connectivity index (χ3v) is 5.16. The molecular formula is C22H23NO4. The molecule has 0 N–H and O–H groups in total. The molecule has 2 amide bonds. The van der Waals surface area contributed by atoms with Crippen LogP contribution in [0.15, 0.2) is 36.4 Å². The first-order valence-corrected chi connectivity index (χ1v) is 9.29. The summed E-state index contributed by atoms with van der Waals surface area (Å²) in [5.41, 5.74) is 4.51. The minimum Gasteiger partial charge on any atom is -0.454 e. The molecule has 1 saturated heterocycles. The Kier molecular flexibility index (Phi) is 4.60. The van der Waals surface area contributed by atoms with E-state index >= 15 is 0 Å². The first-order valence-electron chi connectivity index (χ1n) is 9.29. The summed E-state index contributed by atoms with van der Waals surface area (Å²) < 4.78 is 10.7. The molecule has 0 bridgehead atoms. The Morgan fingerprint density at radius 1 is 0.963 bits per heavy atom. The van der Waals surface area contributed by atoms with Crippen molar-refractivity contribution < 1.29 is 19.1 Å². The molecule has 5 heteroatoms. The van der Waals surface area contributed by atoms with Crippen LogP contribution in [0.1, 0.15) is 28.7 Å². The number of aryl methyl sites for hydroxylation is 2. The summed E-state index contributed by atoms with van der Waals surface area (Å²) in [7, 11) is 0. The lowest BCUT2D eigenvalue weighted by Gasteiger charge is -2.15. The van der Waals surface area contributed by atoms with Gasteiger partial charge in [-0.2, -0.15) is 0 Å². The Balaban J connectivity index is 1.40. The van der Waals surface area contributed by atoms with Crippen LogP contribution < -0.4 is 9.47 Å². The van der Waals surface area contributed by atoms with E-state index in [9.17, 15) is 9.59 Å². The number of nitrogens with zero attached hydrogens (tertiary/aromatic N) is 1. The maximum absolute atomic E-state index is 12.8. The molecule has 0 saturated carbocycles. The number of likely N-dealkylation sites (tertiary alicyclic amines) is 1. The second-order valence-electron chi connectivity index (χ2n) is 7.42. The monoisotopic (exact) mass is 365 g/mol. The predicted molar refractivity (Wildman–Crippen MR) is 101 cm³/mol. The molecule has 4 rings (SSSR count). The molecule has 0 radical (unpaired) electrons. The van der Waals surface area contributed by atoms with Crippen LogP contribution in [0.3, 0.4) is 0 Å². The average Bonchev–Trinajstić information content (AvgIpc) is 3.17. The van der Waals surface area contributed by atoms with Crippen molar-refractivity contribution in [2.45, 2.75) is 33.1 Å². The summed E-state index contributed by atoms with van der Waals surface area (Å²) in [5, 5.41) is 0. The first-order chi connectivity index (χ1) is 13.0. The minimum atomic E-state index is -0.254. The maximum atomic E-state index is 12.8. The van der Waals surface area contributed by atoms with Crippen LogP contribution in [0.5, 0.6) is 11.5 Å². The number of imide groups is 1. The number of fused-ring (bicyclic) bond motifs is 1. The molecule has 0 aliphatic carbocycles. The third-order valence-electron chi connectivity index (χ3n) is 5.16. The van der Waals surface area contributed by atoms with E-state index < -0.39 is 0 Å². The van der Waals surface area contributed by atoms with Crippen LogP contribution in [0.4, 0.5) is 0 Å². The molecule has 2 aliphatic heterocycles. The van der Waals surface area contributed by atoms with E-state index in [1.807, 2.05) is 18.2 Å². The number of amides is 2. The smallest absolute Gasteiger partial charge is 0.233 e. The van der Waals surface area contributed by atoms with Gasteiger partial charge in [-0.05, 0) is 49.9 Å². The molecule has 2 heterocycles. The van der Waals surface area contributed by atoms with Crippen LogP contribution in [0.2, 0.25) is 0 Å². The first kappa shape index (κ1) is 17.6. The highest BCUT2D eigenvalue weighted by atomic mass is 16.7. The SMILES string of the molecule is Cc1cc(C)cc(C[C@H]2CC(=O)N(CCc3ccc4c(c3)OCO4)C2=O)c1. The highest BCUT2D eigenvalue weighted by Gasteiger charge is 2.38. The lowest BCUT2D eigenvalue weighted by molar-refractivity contribution is -0.139. The lowest BCUT2D eigenvalue weighted by atomic mass is 9.95. The van der Waals surface area contributed by atoms with Gasteiger partial charge in [0.15, 0.2) is 11.5 Å². The molecule has 2 aliphatic rings. The fraction of sp³-hybridized carbons (Fsp3) is 0.364. The third kappa shape index (κ3) is 3.68. The molecule has 0 aromatic heterocycles. The zero-order valence-corrected chi connectivity index (χ0v) is 15.7. The second-order valence-corrected chi connectivity index (χ2v) is 7.42. The summed E-state index contributed by atoms with van der Waals surface area (Å²) in [5.74, 6) is 1.07. The standard InChI is InChI=1S/C22H23NO4/c1-14-7-15(2)9-17(8-14)10-18-12-21(24)23(22(18)25)6-5-16-3-4-19-20(11-16)27-13-26-19/h3-4,7-9,11,18H,5-6,10,12-13H2,1-2H3/t18-/m0/s1. The number of rotatable bonds is 5. The average molecular weight is 365 g/mol. The maximum Gasteiger partial charge on any atom is 0.233 e. The van der Waals surface area contributed by atoms with Crippen LogP contribution >= 0.6 is 0 Å². The van der Waals surface area contributed by atoms with Gasteiger partial charge in [-0.1, -0.05) is 35.4 Å². The van der Waals surface area contributed by atoms with Crippen LogP contribution in [-0.2, 0) is 22.4 Å². The molecule has 0 unspecified atom stereocenters. The van der Waals surface area contributed by atoms with Crippen molar-refractivity contribution >= 4 is 11.8 Å². The Morgan fingerprint density at radius 2 is 1.70 bits per heavy atom. The number of hydrogen-bond donors (Lipinski definition) is 0. The molecule has 0 spiro atoms. The van der Waals surface area contributed by atoms with Crippen molar-refractivity contribution in [1.29, 1.82) is 0 Å². The normalized spacial score (nSPS) is 18.4. The molecule has 5 nitrogen and oxygen atoms in total. The summed E-state index contributed by atoms with van der Waals surface area (Å²) >= 11 is 0. The number of benzene rings is 2. The topological polar surface area (TPSA) is 55.8 Å². The zero-order valence-electron chi connectivity index (χ0n) is 15.7. The van der Waals surface area contributed by atoms with Gasteiger partial charge in [-0.3, -0.25) is 14.5 Å². The van der Waals surface area contributed by atoms with Gasteiger partial charge in [-0.15, -0.1) is 0 Å². The van der Waals surface area contributed by atoms with Crippen LogP contribution in [0.25, 0.3) is 0 Å². The van der Waals surface area contributed by atoms with Gasteiger partial charge in [0.1, 0.15) is 0 Å². The Morgan fingerprint density at radius 3 is 2.48 bits per heavy atom. The summed E-state index contributed by atoms with van der Waals surface area (Å²) in [4.78, 5) is 26.6. The van der Waals surface area contributed by atoms with E-state index in [1.165, 1.54) is 16.0 Å². The second kappa shape index (κ2) is 7.06. The number of hydrogen-bond acceptors (Lipinski definition) is 4. The molecule has 2 aromatic rings. The Labute approximate surface area is 158 Å². The van der Waals surface area contributed by atoms with E-state index in [0.29, 0.717) is 25.8 Å². The summed E-state index contributed by atoms with van der Waals surface area (Å²) in [6, 6.07) is 12.0. The van der Waals surface area contributed by atoms with Crippen molar-refractivity contribution in [3.8, 4) is 11.5 Å². The van der Waals surface area contributed by atoms with Gasteiger partial charge in [0.25, 0.3) is 0 Å². The van der Waals surface area contributed by atoms with Gasteiger partial charge >= 0.3 is 0 Å². The van der Waals surface area contributed by atoms with E-state index in [2.05, 4.69) is 32.0 Å². The van der Waals surface area contributed by atoms with Crippen molar-refractivity contribution in [3.05, 3.63) is 58.7 Å². The Bertz CT molecular complexity index is 885. The van der Waals surface area contributed by atoms with Crippen molar-refractivity contribution in [3.63, 3.8) is 0 Å². The van der Waals surface area contributed by atoms with E-state index in [0.717, 1.165) is 22.6 Å². The number of carbonyl (C=O) groups excluding carboxylic acids is 2. The van der Waals surface area contributed by atoms with Gasteiger partial charge in [-0.25, -0.2) is 0 Å². The van der Waals surface area contributed by atoms with Crippen molar-refractivity contribution in [2.75, 3.05) is 13.3 Å². The fourth-order valence-electron chi connectivity index (χ4n) is 3.95. The molecule has 27 heavy (non-hydrogen) atoms. The van der Waals surface area contributed by atoms with Gasteiger partial charge in [0, 0.05) is 13.0 Å². The number of carbonyl (C=O) groups is 2. The minimum absolute atomic E-state index is 0.0556. The molecule has 1 fully saturated rings. The van der Waals surface area contributed by atoms with Gasteiger partial charge in [0.05, 0.1) is 5.92 Å². The van der Waals surface area contributed by atoms with Crippen molar-refractivity contribution in [2.24, 2.45) is 5.92 Å². The quantitative estimate of drug-likeness (QED) is 0.764. The van der Waals surface area contributed by atoms with Gasteiger partial charge < -0.3 is 9.47 Å². The summed E-state index contributed by atoms with van der Waals surface area (Å²) in [6.07, 6.45) is 1.53. The molecular weight excluding hydrogens is 342 g/mol. The number of ether oxygens (including phenoxy) is 2. The van der Waals surface area contributed by atoms with Crippen LogP contribution in [-0.4, -0.2) is 30.1 Å². The van der Waals surface area contributed by atoms with Gasteiger partial charge in [0.2, 0.25) is 18.6 Å². The predicted octanol–water partition coefficient (Wildman–Crippen LogP) is 3.19. The highest BCUT2D eigenvalue weighted by Crippen LogP contribution is 2.33. The van der Waals surface area contributed by atoms with E-state index in [4.69, 9.17) is 9.47 Å². The summed E-state index contributed by atoms with van der Waals surface area (Å²) in [6.45, 7) is 4.74. The van der Waals surface area contributed by atoms with Crippen molar-refractivity contribution in [1.82, 2.24) is 4.90 Å². The van der Waals surface area contributed by atoms with E-state index in [-0.39, 0.29) is 24.5 Å². The van der Waals surface area contributed by atoms with Crippen LogP contribution in [0, 0.1) is 19.8 Å². The van der Waals surface area contributed by atoms with E-state index in [1.54, 1.807) is 0 Å². The lowest BCUT2D eigenvalue weighted by Crippen LogP contribution is -2.33. The Hall–Kier alpha value is -2.82. The largest absolute Gasteiger partial charge is 0.454 e. The highest BCUT2D eigenvalue weighted by molar-refractivity contribution is 6.03. The molecule has 1 atom stereocenters. The zero-order chi connectivity index (χ0) is 19.0. The molecule has 2 aromatic carbocycles. The fourth-order valence-corrected chi connectivity index (χ4v) is 3.95. The molecule has 140 valence electrons.